The summed E-state index contributed by atoms with van der Waals surface area (Å²) in [6.07, 6.45) is 0. The summed E-state index contributed by atoms with van der Waals surface area (Å²) in [5.41, 5.74) is 1.11. The van der Waals surface area contributed by atoms with Gasteiger partial charge in [0.25, 0.3) is 0 Å². The molecule has 0 fully saturated rings. The van der Waals surface area contributed by atoms with Crippen LogP contribution in [0.15, 0.2) is 27.6 Å². The van der Waals surface area contributed by atoms with Crippen molar-refractivity contribution in [1.82, 2.24) is 0 Å². The Labute approximate surface area is 80.8 Å². The van der Waals surface area contributed by atoms with E-state index in [1.54, 1.807) is 12.1 Å². The van der Waals surface area contributed by atoms with Gasteiger partial charge in [0.05, 0.1) is 4.90 Å². The molecule has 0 spiro atoms. The van der Waals surface area contributed by atoms with E-state index in [0.717, 1.165) is 10.0 Å². The minimum atomic E-state index is -1.41. The standard InChI is InChI=1S/C7H6BrClOS/c1-5-2-3-6(11(9)10)4-7(5)8/h2-4H,1H3. The predicted octanol–water partition coefficient (Wildman–Crippen LogP) is 3.02. The Bertz CT molecular complexity index is 300. The Hall–Kier alpha value is 0.140. The molecule has 60 valence electrons. The van der Waals surface area contributed by atoms with Crippen LogP contribution in [0.5, 0.6) is 0 Å². The fourth-order valence-corrected chi connectivity index (χ4v) is 1.88. The number of aryl methyl sites for hydroxylation is 1. The first kappa shape index (κ1) is 9.23. The second kappa shape index (κ2) is 3.70. The van der Waals surface area contributed by atoms with Crippen molar-refractivity contribution < 1.29 is 4.21 Å². The number of halogens is 2. The molecular weight excluding hydrogens is 247 g/mol. The van der Waals surface area contributed by atoms with Crippen LogP contribution in [-0.2, 0) is 10.0 Å². The lowest BCUT2D eigenvalue weighted by Gasteiger charge is -1.98. The minimum Gasteiger partial charge on any atom is -0.237 e. The topological polar surface area (TPSA) is 17.1 Å². The van der Waals surface area contributed by atoms with E-state index >= 15 is 0 Å². The number of benzene rings is 1. The van der Waals surface area contributed by atoms with E-state index in [2.05, 4.69) is 15.9 Å². The van der Waals surface area contributed by atoms with Gasteiger partial charge in [0, 0.05) is 4.47 Å². The van der Waals surface area contributed by atoms with Crippen LogP contribution < -0.4 is 0 Å². The van der Waals surface area contributed by atoms with Gasteiger partial charge in [-0.15, -0.1) is 0 Å². The molecule has 1 aromatic carbocycles. The summed E-state index contributed by atoms with van der Waals surface area (Å²) in [7, 11) is 3.97. The Morgan fingerprint density at radius 3 is 2.64 bits per heavy atom. The largest absolute Gasteiger partial charge is 0.237 e. The summed E-state index contributed by atoms with van der Waals surface area (Å²) in [5.74, 6) is 0. The molecule has 0 bridgehead atoms. The highest BCUT2D eigenvalue weighted by Crippen LogP contribution is 2.20. The monoisotopic (exact) mass is 252 g/mol. The highest BCUT2D eigenvalue weighted by molar-refractivity contribution is 9.10. The molecule has 0 radical (unpaired) electrons. The first-order valence-corrected chi connectivity index (χ1v) is 5.72. The van der Waals surface area contributed by atoms with E-state index in [-0.39, 0.29) is 0 Å². The Balaban J connectivity index is 3.15. The van der Waals surface area contributed by atoms with Crippen LogP contribution in [0.2, 0.25) is 0 Å². The SMILES string of the molecule is Cc1ccc(S(=O)Cl)cc1Br. The van der Waals surface area contributed by atoms with Crippen molar-refractivity contribution in [3.8, 4) is 0 Å². The van der Waals surface area contributed by atoms with E-state index in [1.165, 1.54) is 0 Å². The van der Waals surface area contributed by atoms with Crippen LogP contribution in [0.3, 0.4) is 0 Å². The third-order valence-corrected chi connectivity index (χ3v) is 3.34. The van der Waals surface area contributed by atoms with Gasteiger partial charge in [-0.2, -0.15) is 0 Å². The van der Waals surface area contributed by atoms with Crippen molar-refractivity contribution in [2.45, 2.75) is 11.8 Å². The summed E-state index contributed by atoms with van der Waals surface area (Å²) >= 11 is 3.32. The molecule has 0 aliphatic carbocycles. The molecule has 0 saturated heterocycles. The van der Waals surface area contributed by atoms with Gasteiger partial charge in [-0.3, -0.25) is 0 Å². The molecule has 0 aromatic heterocycles. The third kappa shape index (κ3) is 2.29. The van der Waals surface area contributed by atoms with Gasteiger partial charge in [0.2, 0.25) is 0 Å². The summed E-state index contributed by atoms with van der Waals surface area (Å²) in [6, 6.07) is 5.39. The first-order valence-electron chi connectivity index (χ1n) is 2.95. The fraction of sp³-hybridized carbons (Fsp3) is 0.143. The quantitative estimate of drug-likeness (QED) is 0.703. The summed E-state index contributed by atoms with van der Waals surface area (Å²) in [4.78, 5) is 0.629. The first-order chi connectivity index (χ1) is 5.11. The molecule has 0 N–H and O–H groups in total. The number of hydrogen-bond donors (Lipinski definition) is 0. The van der Waals surface area contributed by atoms with Crippen molar-refractivity contribution in [1.29, 1.82) is 0 Å². The number of rotatable bonds is 1. The molecule has 1 rings (SSSR count). The highest BCUT2D eigenvalue weighted by atomic mass is 79.9. The van der Waals surface area contributed by atoms with Gasteiger partial charge in [0.1, 0.15) is 10.0 Å². The zero-order chi connectivity index (χ0) is 8.43. The average Bonchev–Trinajstić information content (AvgIpc) is 1.94. The Kier molecular flexibility index (Phi) is 3.10. The van der Waals surface area contributed by atoms with Crippen LogP contribution >= 0.6 is 26.6 Å². The molecule has 1 unspecified atom stereocenters. The molecule has 0 amide bonds. The van der Waals surface area contributed by atoms with Gasteiger partial charge in [-0.25, -0.2) is 4.21 Å². The maximum absolute atomic E-state index is 10.8. The predicted molar refractivity (Wildman–Crippen MR) is 51.1 cm³/mol. The van der Waals surface area contributed by atoms with Crippen LogP contribution in [0.1, 0.15) is 5.56 Å². The molecule has 0 aliphatic heterocycles. The van der Waals surface area contributed by atoms with Crippen LogP contribution in [-0.4, -0.2) is 4.21 Å². The third-order valence-electron chi connectivity index (χ3n) is 1.33. The van der Waals surface area contributed by atoms with Crippen LogP contribution in [0.4, 0.5) is 0 Å². The zero-order valence-corrected chi connectivity index (χ0v) is 8.96. The van der Waals surface area contributed by atoms with Crippen molar-refractivity contribution in [2.75, 3.05) is 0 Å². The van der Waals surface area contributed by atoms with Crippen LogP contribution in [0, 0.1) is 6.92 Å². The molecule has 1 nitrogen and oxygen atoms in total. The van der Waals surface area contributed by atoms with Gasteiger partial charge >= 0.3 is 0 Å². The lowest BCUT2D eigenvalue weighted by molar-refractivity contribution is 0.691. The van der Waals surface area contributed by atoms with Gasteiger partial charge < -0.3 is 0 Å². The maximum atomic E-state index is 10.8. The van der Waals surface area contributed by atoms with Gasteiger partial charge in [-0.05, 0) is 35.3 Å². The fourth-order valence-electron chi connectivity index (χ4n) is 0.673. The lowest BCUT2D eigenvalue weighted by Crippen LogP contribution is -1.82. The summed E-state index contributed by atoms with van der Waals surface area (Å²) in [5, 5.41) is 0. The molecule has 0 saturated carbocycles. The van der Waals surface area contributed by atoms with Gasteiger partial charge in [-0.1, -0.05) is 22.0 Å². The highest BCUT2D eigenvalue weighted by Gasteiger charge is 2.01. The Morgan fingerprint density at radius 2 is 2.18 bits per heavy atom. The average molecular weight is 254 g/mol. The summed E-state index contributed by atoms with van der Waals surface area (Å²) < 4.78 is 11.7. The van der Waals surface area contributed by atoms with Crippen molar-refractivity contribution in [3.05, 3.63) is 28.2 Å². The lowest BCUT2D eigenvalue weighted by atomic mass is 10.2. The molecule has 0 aliphatic rings. The smallest absolute Gasteiger partial charge is 0.147 e. The molecular formula is C7H6BrClOS. The van der Waals surface area contributed by atoms with Crippen molar-refractivity contribution in [3.63, 3.8) is 0 Å². The normalized spacial score (nSPS) is 13.0. The maximum Gasteiger partial charge on any atom is 0.147 e. The number of hydrogen-bond acceptors (Lipinski definition) is 1. The minimum absolute atomic E-state index is 0.629. The van der Waals surface area contributed by atoms with Gasteiger partial charge in [0.15, 0.2) is 0 Å². The molecule has 11 heavy (non-hydrogen) atoms. The molecule has 4 heteroatoms. The molecule has 0 heterocycles. The summed E-state index contributed by atoms with van der Waals surface area (Å²) in [6.45, 7) is 1.96. The van der Waals surface area contributed by atoms with Crippen molar-refractivity contribution in [2.24, 2.45) is 0 Å². The van der Waals surface area contributed by atoms with E-state index in [0.29, 0.717) is 4.90 Å². The van der Waals surface area contributed by atoms with E-state index < -0.39 is 10.0 Å². The van der Waals surface area contributed by atoms with E-state index in [1.807, 2.05) is 13.0 Å². The van der Waals surface area contributed by atoms with E-state index in [9.17, 15) is 4.21 Å². The van der Waals surface area contributed by atoms with Crippen molar-refractivity contribution >= 4 is 36.6 Å². The molecule has 1 atom stereocenters. The molecule has 1 aromatic rings. The second-order valence-electron chi connectivity index (χ2n) is 2.13. The Morgan fingerprint density at radius 1 is 1.55 bits per heavy atom. The zero-order valence-electron chi connectivity index (χ0n) is 5.80. The second-order valence-corrected chi connectivity index (χ2v) is 4.75. The van der Waals surface area contributed by atoms with E-state index in [4.69, 9.17) is 10.7 Å². The van der Waals surface area contributed by atoms with Crippen LogP contribution in [0.25, 0.3) is 0 Å².